The van der Waals surface area contributed by atoms with Crippen LogP contribution in [0.5, 0.6) is 11.5 Å². The zero-order chi connectivity index (χ0) is 17.2. The van der Waals surface area contributed by atoms with Gasteiger partial charge < -0.3 is 20.5 Å². The first-order chi connectivity index (χ1) is 11.4. The molecule has 0 saturated heterocycles. The second-order valence-electron chi connectivity index (χ2n) is 6.64. The third-order valence-corrected chi connectivity index (χ3v) is 4.12. The van der Waals surface area contributed by atoms with E-state index in [4.69, 9.17) is 15.2 Å². The number of hydrogen-bond donors (Lipinski definition) is 2. The number of aryl methyl sites for hydroxylation is 1. The minimum atomic E-state index is -0.166. The molecule has 1 heterocycles. The number of nitrogens with zero attached hydrogens (tertiary/aromatic N) is 1. The van der Waals surface area contributed by atoms with E-state index in [9.17, 15) is 0 Å². The van der Waals surface area contributed by atoms with Gasteiger partial charge in [-0.2, -0.15) is 0 Å². The Morgan fingerprint density at radius 1 is 1.12 bits per heavy atom. The molecule has 5 heteroatoms. The van der Waals surface area contributed by atoms with Crippen LogP contribution in [0, 0.1) is 6.92 Å². The second kappa shape index (κ2) is 6.43. The average Bonchev–Trinajstić information content (AvgIpc) is 3.03. The fourth-order valence-electron chi connectivity index (χ4n) is 2.52. The Bertz CT molecular complexity index is 752. The van der Waals surface area contributed by atoms with E-state index in [2.05, 4.69) is 31.1 Å². The lowest BCUT2D eigenvalue weighted by atomic mass is 9.84. The number of benzene rings is 2. The van der Waals surface area contributed by atoms with Gasteiger partial charge in [0.05, 0.1) is 6.54 Å². The molecule has 3 rings (SSSR count). The van der Waals surface area contributed by atoms with Gasteiger partial charge in [-0.15, -0.1) is 0 Å². The molecule has 0 spiro atoms. The van der Waals surface area contributed by atoms with E-state index in [0.29, 0.717) is 12.5 Å². The summed E-state index contributed by atoms with van der Waals surface area (Å²) in [5.74, 6) is 1.99. The predicted octanol–water partition coefficient (Wildman–Crippen LogP) is 3.43. The number of nitrogens with one attached hydrogen (secondary N) is 1. The number of guanidine groups is 1. The van der Waals surface area contributed by atoms with E-state index >= 15 is 0 Å². The van der Waals surface area contributed by atoms with Crippen molar-refractivity contribution >= 4 is 11.6 Å². The monoisotopic (exact) mass is 325 g/mol. The number of nitrogens with two attached hydrogens (primary N) is 1. The van der Waals surface area contributed by atoms with Crippen LogP contribution in [0.2, 0.25) is 0 Å². The molecule has 5 nitrogen and oxygen atoms in total. The van der Waals surface area contributed by atoms with Crippen LogP contribution >= 0.6 is 0 Å². The summed E-state index contributed by atoms with van der Waals surface area (Å²) >= 11 is 0. The molecule has 24 heavy (non-hydrogen) atoms. The molecule has 0 aliphatic carbocycles. The summed E-state index contributed by atoms with van der Waals surface area (Å²) in [7, 11) is 0. The minimum absolute atomic E-state index is 0.166. The summed E-state index contributed by atoms with van der Waals surface area (Å²) in [6.45, 7) is 7.16. The highest BCUT2D eigenvalue weighted by molar-refractivity contribution is 5.92. The summed E-state index contributed by atoms with van der Waals surface area (Å²) in [5.41, 5.74) is 9.13. The molecule has 0 unspecified atom stereocenters. The van der Waals surface area contributed by atoms with Crippen LogP contribution < -0.4 is 20.5 Å². The van der Waals surface area contributed by atoms with Crippen molar-refractivity contribution < 1.29 is 9.47 Å². The smallest absolute Gasteiger partial charge is 0.231 e. The van der Waals surface area contributed by atoms with Crippen molar-refractivity contribution in [3.8, 4) is 11.5 Å². The Kier molecular flexibility index (Phi) is 4.34. The maximum absolute atomic E-state index is 6.01. The Morgan fingerprint density at radius 2 is 1.83 bits per heavy atom. The normalized spacial score (nSPS) is 13.9. The van der Waals surface area contributed by atoms with E-state index in [1.54, 1.807) is 0 Å². The lowest BCUT2D eigenvalue weighted by molar-refractivity contribution is 0.174. The largest absolute Gasteiger partial charge is 0.454 e. The fourth-order valence-corrected chi connectivity index (χ4v) is 2.52. The Labute approximate surface area is 142 Å². The van der Waals surface area contributed by atoms with E-state index in [0.717, 1.165) is 22.7 Å². The summed E-state index contributed by atoms with van der Waals surface area (Å²) in [6.07, 6.45) is 0. The van der Waals surface area contributed by atoms with E-state index in [-0.39, 0.29) is 12.2 Å². The third kappa shape index (κ3) is 3.62. The summed E-state index contributed by atoms with van der Waals surface area (Å²) in [5, 5.41) is 3.12. The van der Waals surface area contributed by atoms with Gasteiger partial charge >= 0.3 is 0 Å². The Hall–Kier alpha value is -2.69. The molecule has 0 bridgehead atoms. The topological polar surface area (TPSA) is 68.9 Å². The maximum atomic E-state index is 6.01. The highest BCUT2D eigenvalue weighted by atomic mass is 16.7. The highest BCUT2D eigenvalue weighted by Crippen LogP contribution is 2.36. The number of ether oxygens (including phenoxy) is 2. The van der Waals surface area contributed by atoms with Gasteiger partial charge in [0.1, 0.15) is 0 Å². The lowest BCUT2D eigenvalue weighted by Gasteiger charge is -2.23. The molecular weight excluding hydrogens is 302 g/mol. The fraction of sp³-hybridized carbons (Fsp3) is 0.316. The summed E-state index contributed by atoms with van der Waals surface area (Å²) in [4.78, 5) is 4.49. The molecule has 126 valence electrons. The average molecular weight is 325 g/mol. The van der Waals surface area contributed by atoms with Gasteiger partial charge in [0.2, 0.25) is 6.79 Å². The van der Waals surface area contributed by atoms with Crippen LogP contribution in [0.4, 0.5) is 5.69 Å². The summed E-state index contributed by atoms with van der Waals surface area (Å²) in [6, 6.07) is 14.0. The molecular formula is C19H23N3O2. The van der Waals surface area contributed by atoms with Gasteiger partial charge in [0.15, 0.2) is 17.5 Å². The van der Waals surface area contributed by atoms with Gasteiger partial charge in [-0.3, -0.25) is 4.99 Å². The van der Waals surface area contributed by atoms with Crippen molar-refractivity contribution in [3.63, 3.8) is 0 Å². The molecule has 3 N–H and O–H groups in total. The Morgan fingerprint density at radius 3 is 2.58 bits per heavy atom. The SMILES string of the molecule is Cc1ccc(NC(N)=NCC(C)(C)c2ccc3c(c2)OCO3)cc1. The van der Waals surface area contributed by atoms with Gasteiger partial charge in [0.25, 0.3) is 0 Å². The van der Waals surface area contributed by atoms with Gasteiger partial charge in [-0.25, -0.2) is 0 Å². The van der Waals surface area contributed by atoms with Gasteiger partial charge in [0, 0.05) is 11.1 Å². The second-order valence-corrected chi connectivity index (χ2v) is 6.64. The third-order valence-electron chi connectivity index (χ3n) is 4.12. The molecule has 2 aromatic carbocycles. The molecule has 0 fully saturated rings. The predicted molar refractivity (Wildman–Crippen MR) is 96.9 cm³/mol. The molecule has 0 atom stereocenters. The standard InChI is InChI=1S/C19H23N3O2/c1-13-4-7-15(8-5-13)22-18(20)21-11-19(2,3)14-6-9-16-17(10-14)24-12-23-16/h4-10H,11-12H2,1-3H3,(H3,20,21,22). The first-order valence-electron chi connectivity index (χ1n) is 7.98. The van der Waals surface area contributed by atoms with Crippen LogP contribution in [0.15, 0.2) is 47.5 Å². The number of hydrogen-bond acceptors (Lipinski definition) is 3. The quantitative estimate of drug-likeness (QED) is 0.667. The molecule has 0 saturated carbocycles. The van der Waals surface area contributed by atoms with E-state index < -0.39 is 0 Å². The van der Waals surface area contributed by atoms with Crippen molar-refractivity contribution in [1.82, 2.24) is 0 Å². The van der Waals surface area contributed by atoms with Crippen LogP contribution in [-0.2, 0) is 5.41 Å². The van der Waals surface area contributed by atoms with E-state index in [1.165, 1.54) is 5.56 Å². The molecule has 0 amide bonds. The zero-order valence-electron chi connectivity index (χ0n) is 14.3. The van der Waals surface area contributed by atoms with Crippen molar-refractivity contribution in [2.24, 2.45) is 10.7 Å². The van der Waals surface area contributed by atoms with E-state index in [1.807, 2.05) is 42.5 Å². The first-order valence-corrected chi connectivity index (χ1v) is 7.98. The molecule has 0 aromatic heterocycles. The van der Waals surface area contributed by atoms with Crippen molar-refractivity contribution in [2.45, 2.75) is 26.2 Å². The summed E-state index contributed by atoms with van der Waals surface area (Å²) < 4.78 is 10.8. The first kappa shape index (κ1) is 16.2. The molecule has 0 radical (unpaired) electrons. The van der Waals surface area contributed by atoms with Crippen LogP contribution in [0.25, 0.3) is 0 Å². The van der Waals surface area contributed by atoms with Crippen molar-refractivity contribution in [2.75, 3.05) is 18.7 Å². The van der Waals surface area contributed by atoms with Crippen LogP contribution in [-0.4, -0.2) is 19.3 Å². The number of rotatable bonds is 4. The van der Waals surface area contributed by atoms with Crippen LogP contribution in [0.3, 0.4) is 0 Å². The molecule has 1 aliphatic rings. The Balaban J connectivity index is 1.68. The number of anilines is 1. The molecule has 1 aliphatic heterocycles. The van der Waals surface area contributed by atoms with Gasteiger partial charge in [-0.05, 0) is 36.8 Å². The van der Waals surface area contributed by atoms with Crippen molar-refractivity contribution in [1.29, 1.82) is 0 Å². The number of aliphatic imine (C=N–C) groups is 1. The van der Waals surface area contributed by atoms with Gasteiger partial charge in [-0.1, -0.05) is 37.6 Å². The zero-order valence-corrected chi connectivity index (χ0v) is 14.3. The maximum Gasteiger partial charge on any atom is 0.231 e. The van der Waals surface area contributed by atoms with Crippen molar-refractivity contribution in [3.05, 3.63) is 53.6 Å². The number of fused-ring (bicyclic) bond motifs is 1. The van der Waals surface area contributed by atoms with Crippen LogP contribution in [0.1, 0.15) is 25.0 Å². The highest BCUT2D eigenvalue weighted by Gasteiger charge is 2.23. The molecule has 2 aromatic rings. The minimum Gasteiger partial charge on any atom is -0.454 e. The lowest BCUT2D eigenvalue weighted by Crippen LogP contribution is -2.27.